The molecule has 0 spiro atoms. The van der Waals surface area contributed by atoms with E-state index >= 15 is 0 Å². The molecule has 0 saturated heterocycles. The van der Waals surface area contributed by atoms with E-state index in [-0.39, 0.29) is 17.8 Å². The van der Waals surface area contributed by atoms with Crippen molar-refractivity contribution in [1.82, 2.24) is 9.78 Å². The number of fused-ring (bicyclic) bond motifs is 1. The number of rotatable bonds is 7. The number of aliphatic hydroxyl groups is 1. The van der Waals surface area contributed by atoms with Gasteiger partial charge in [-0.3, -0.25) is 13.8 Å². The number of carbonyl (C=O) groups is 1. The summed E-state index contributed by atoms with van der Waals surface area (Å²) in [6.07, 6.45) is -14.8. The van der Waals surface area contributed by atoms with Crippen molar-refractivity contribution in [2.75, 3.05) is 10.8 Å². The summed E-state index contributed by atoms with van der Waals surface area (Å²) >= 11 is 5.97. The molecule has 2 atom stereocenters. The Morgan fingerprint density at radius 1 is 1.26 bits per heavy atom. The van der Waals surface area contributed by atoms with Gasteiger partial charge in [0.05, 0.1) is 18.7 Å². The predicted molar refractivity (Wildman–Crippen MR) is 120 cm³/mol. The Hall–Kier alpha value is -2.72. The van der Waals surface area contributed by atoms with Gasteiger partial charge in [-0.05, 0) is 38.5 Å². The minimum Gasteiger partial charge on any atom is -0.483 e. The first-order chi connectivity index (χ1) is 17.3. The molecule has 0 fully saturated rings. The van der Waals surface area contributed by atoms with Gasteiger partial charge in [0.2, 0.25) is 5.60 Å². The molecule has 0 amide bonds. The highest BCUT2D eigenvalue weighted by atomic mass is 35.5. The molecule has 1 aliphatic heterocycles. The van der Waals surface area contributed by atoms with Crippen LogP contribution in [0.2, 0.25) is 5.15 Å². The lowest BCUT2D eigenvalue weighted by Gasteiger charge is -2.37. The van der Waals surface area contributed by atoms with E-state index in [1.165, 1.54) is 4.68 Å². The van der Waals surface area contributed by atoms with Crippen molar-refractivity contribution in [1.29, 1.82) is 0 Å². The van der Waals surface area contributed by atoms with Gasteiger partial charge in [0.1, 0.15) is 10.6 Å². The van der Waals surface area contributed by atoms with E-state index in [9.17, 15) is 44.7 Å². The van der Waals surface area contributed by atoms with Gasteiger partial charge in [-0.2, -0.15) is 31.4 Å². The molecule has 0 unspecified atom stereocenters. The maximum absolute atomic E-state index is 13.5. The SMILES string of the molecule is CCn1cc(S(=O)(=O)N2C[C@H]([C@H](O)C(F)(F)F)Oc3ccc(CC(=O)OC(C)(C)C(F)(F)F)cc32)c(Cl)n1. The van der Waals surface area contributed by atoms with E-state index < -0.39 is 74.9 Å². The standard InChI is InChI=1S/C21H22ClF6N3O6S/c1-4-30-10-15(18(22)29-30)38(34,35)31-9-14(17(33)20(23,24)25)36-13-6-5-11(7-12(13)31)8-16(32)37-19(2,3)21(26,27)28/h5-7,10,14,17,33H,4,8-9H2,1-3H3/t14-,17+/m1/s1. The number of alkyl halides is 6. The Morgan fingerprint density at radius 3 is 2.42 bits per heavy atom. The average Bonchev–Trinajstić information content (AvgIpc) is 3.17. The van der Waals surface area contributed by atoms with Crippen LogP contribution in [0.3, 0.4) is 0 Å². The summed E-state index contributed by atoms with van der Waals surface area (Å²) in [6.45, 7) is 2.12. The molecule has 1 aromatic carbocycles. The molecule has 0 aliphatic carbocycles. The first-order valence-electron chi connectivity index (χ1n) is 10.9. The molecule has 9 nitrogen and oxygen atoms in total. The average molecular weight is 594 g/mol. The van der Waals surface area contributed by atoms with E-state index in [1.54, 1.807) is 6.92 Å². The highest BCUT2D eigenvalue weighted by Crippen LogP contribution is 2.41. The molecule has 2 aromatic rings. The third kappa shape index (κ3) is 5.96. The van der Waals surface area contributed by atoms with Crippen LogP contribution in [0.4, 0.5) is 32.0 Å². The number of aliphatic hydroxyl groups excluding tert-OH is 1. The number of nitrogens with zero attached hydrogens (tertiary/aromatic N) is 3. The molecular weight excluding hydrogens is 572 g/mol. The zero-order chi connectivity index (χ0) is 28.8. The highest BCUT2D eigenvalue weighted by molar-refractivity contribution is 7.93. The normalized spacial score (nSPS) is 17.6. The maximum Gasteiger partial charge on any atom is 0.427 e. The number of hydrogen-bond donors (Lipinski definition) is 1. The molecule has 17 heteroatoms. The predicted octanol–water partition coefficient (Wildman–Crippen LogP) is 3.86. The van der Waals surface area contributed by atoms with Crippen LogP contribution in [0.5, 0.6) is 5.75 Å². The van der Waals surface area contributed by atoms with Gasteiger partial charge in [-0.1, -0.05) is 17.7 Å². The van der Waals surface area contributed by atoms with E-state index in [0.717, 1.165) is 24.4 Å². The smallest absolute Gasteiger partial charge is 0.427 e. The van der Waals surface area contributed by atoms with Crippen LogP contribution in [-0.4, -0.2) is 66.0 Å². The molecule has 1 N–H and O–H groups in total. The summed E-state index contributed by atoms with van der Waals surface area (Å²) in [5.74, 6) is -1.70. The van der Waals surface area contributed by atoms with Crippen LogP contribution < -0.4 is 9.04 Å². The fraction of sp³-hybridized carbons (Fsp3) is 0.524. The van der Waals surface area contributed by atoms with Crippen molar-refractivity contribution in [2.24, 2.45) is 0 Å². The van der Waals surface area contributed by atoms with Crippen molar-refractivity contribution < 1.29 is 54.1 Å². The maximum atomic E-state index is 13.5. The van der Waals surface area contributed by atoms with E-state index in [2.05, 4.69) is 9.84 Å². The number of benzene rings is 1. The van der Waals surface area contributed by atoms with Crippen molar-refractivity contribution in [3.63, 3.8) is 0 Å². The fourth-order valence-corrected chi connectivity index (χ4v) is 5.34. The zero-order valence-electron chi connectivity index (χ0n) is 20.0. The van der Waals surface area contributed by atoms with Gasteiger partial charge in [0.25, 0.3) is 10.0 Å². The first kappa shape index (κ1) is 29.8. The van der Waals surface area contributed by atoms with Crippen LogP contribution in [-0.2, 0) is 32.5 Å². The number of esters is 1. The van der Waals surface area contributed by atoms with E-state index in [1.807, 2.05) is 0 Å². The Labute approximate surface area is 217 Å². The van der Waals surface area contributed by atoms with Gasteiger partial charge in [-0.25, -0.2) is 8.42 Å². The van der Waals surface area contributed by atoms with Gasteiger partial charge < -0.3 is 14.6 Å². The van der Waals surface area contributed by atoms with E-state index in [4.69, 9.17) is 16.3 Å². The Bertz CT molecular complexity index is 1310. The summed E-state index contributed by atoms with van der Waals surface area (Å²) in [6, 6.07) is 3.21. The largest absolute Gasteiger partial charge is 0.483 e. The summed E-state index contributed by atoms with van der Waals surface area (Å²) in [4.78, 5) is 11.7. The van der Waals surface area contributed by atoms with Crippen LogP contribution in [0.15, 0.2) is 29.3 Å². The number of anilines is 1. The van der Waals surface area contributed by atoms with Crippen molar-refractivity contribution in [3.8, 4) is 5.75 Å². The summed E-state index contributed by atoms with van der Waals surface area (Å²) in [5.41, 5.74) is -3.18. The van der Waals surface area contributed by atoms with Crippen LogP contribution in [0.25, 0.3) is 0 Å². The summed E-state index contributed by atoms with van der Waals surface area (Å²) < 4.78 is 117. The number of ether oxygens (including phenoxy) is 2. The number of aromatic nitrogens is 2. The number of halogens is 7. The zero-order valence-corrected chi connectivity index (χ0v) is 21.5. The van der Waals surface area contributed by atoms with Gasteiger partial charge in [0.15, 0.2) is 17.4 Å². The van der Waals surface area contributed by atoms with Crippen LogP contribution >= 0.6 is 11.6 Å². The summed E-state index contributed by atoms with van der Waals surface area (Å²) in [7, 11) is -4.71. The number of carbonyl (C=O) groups excluding carboxylic acids is 1. The number of hydrogen-bond acceptors (Lipinski definition) is 7. The number of aryl methyl sites for hydroxylation is 1. The second kappa shape index (κ2) is 10.1. The highest BCUT2D eigenvalue weighted by Gasteiger charge is 2.51. The molecule has 0 bridgehead atoms. The lowest BCUT2D eigenvalue weighted by Crippen LogP contribution is -2.53. The third-order valence-electron chi connectivity index (χ3n) is 5.58. The molecule has 0 radical (unpaired) electrons. The first-order valence-corrected chi connectivity index (χ1v) is 12.7. The molecule has 0 saturated carbocycles. The topological polar surface area (TPSA) is 111 Å². The van der Waals surface area contributed by atoms with Crippen molar-refractivity contribution >= 4 is 33.3 Å². The molecular formula is C21H22ClF6N3O6S. The molecule has 3 rings (SSSR count). The number of sulfonamides is 1. The Kier molecular flexibility index (Phi) is 7.94. The van der Waals surface area contributed by atoms with Crippen LogP contribution in [0.1, 0.15) is 26.3 Å². The molecule has 212 valence electrons. The van der Waals surface area contributed by atoms with Gasteiger partial charge in [0, 0.05) is 12.7 Å². The molecule has 2 heterocycles. The second-order valence-corrected chi connectivity index (χ2v) is 11.0. The lowest BCUT2D eigenvalue weighted by atomic mass is 10.1. The third-order valence-corrected chi connectivity index (χ3v) is 7.75. The monoisotopic (exact) mass is 593 g/mol. The quantitative estimate of drug-likeness (QED) is 0.383. The van der Waals surface area contributed by atoms with E-state index in [0.29, 0.717) is 18.2 Å². The molecule has 38 heavy (non-hydrogen) atoms. The Morgan fingerprint density at radius 2 is 1.89 bits per heavy atom. The van der Waals surface area contributed by atoms with Crippen molar-refractivity contribution in [3.05, 3.63) is 35.1 Å². The van der Waals surface area contributed by atoms with Crippen molar-refractivity contribution in [2.45, 2.75) is 68.8 Å². The minimum absolute atomic E-state index is 0.0271. The lowest BCUT2D eigenvalue weighted by molar-refractivity contribution is -0.257. The second-order valence-electron chi connectivity index (χ2n) is 8.78. The van der Waals surface area contributed by atoms with Gasteiger partial charge in [-0.15, -0.1) is 0 Å². The van der Waals surface area contributed by atoms with Gasteiger partial charge >= 0.3 is 18.3 Å². The minimum atomic E-state index is -5.16. The summed E-state index contributed by atoms with van der Waals surface area (Å²) in [5, 5.41) is 13.1. The fourth-order valence-electron chi connectivity index (χ4n) is 3.41. The molecule has 1 aromatic heterocycles. The Balaban J connectivity index is 2.03. The molecule has 1 aliphatic rings. The van der Waals surface area contributed by atoms with Crippen LogP contribution in [0, 0.1) is 0 Å².